The van der Waals surface area contributed by atoms with Gasteiger partial charge in [-0.15, -0.1) is 0 Å². The highest BCUT2D eigenvalue weighted by Gasteiger charge is 1.95. The molecular formula is C8H11N3S2. The molecule has 70 valence electrons. The maximum Gasteiger partial charge on any atom is 0.184 e. The topological polar surface area (TPSA) is 50.4 Å². The van der Waals surface area contributed by atoms with E-state index >= 15 is 0 Å². The number of hydrogen-bond donors (Lipinski definition) is 2. The third-order valence-electron chi connectivity index (χ3n) is 1.40. The predicted molar refractivity (Wildman–Crippen MR) is 61.1 cm³/mol. The first-order valence-electron chi connectivity index (χ1n) is 3.78. The molecule has 0 aromatic carbocycles. The molecule has 0 amide bonds. The lowest BCUT2D eigenvalue weighted by molar-refractivity contribution is 1.01. The minimum absolute atomic E-state index is 0.199. The standard InChI is InChI=1S/C8H11N3S2/c1-6(10-11-8(9)12)4-7-2-3-13-5-7/h2-3,5H,4H2,1H3,(H3,9,11,12)/b10-6-. The number of thiophene rings is 1. The molecule has 1 aromatic rings. The van der Waals surface area contributed by atoms with Gasteiger partial charge >= 0.3 is 0 Å². The van der Waals surface area contributed by atoms with Crippen LogP contribution in [0.1, 0.15) is 12.5 Å². The molecule has 0 aliphatic rings. The van der Waals surface area contributed by atoms with Gasteiger partial charge < -0.3 is 5.73 Å². The van der Waals surface area contributed by atoms with Crippen molar-refractivity contribution in [3.63, 3.8) is 0 Å². The van der Waals surface area contributed by atoms with E-state index in [2.05, 4.69) is 34.2 Å². The Morgan fingerprint density at radius 3 is 3.08 bits per heavy atom. The number of nitrogens with two attached hydrogens (primary N) is 1. The zero-order valence-electron chi connectivity index (χ0n) is 7.28. The van der Waals surface area contributed by atoms with E-state index in [0.29, 0.717) is 0 Å². The molecule has 1 aromatic heterocycles. The van der Waals surface area contributed by atoms with E-state index in [1.165, 1.54) is 5.56 Å². The van der Waals surface area contributed by atoms with Crippen LogP contribution in [0.2, 0.25) is 0 Å². The summed E-state index contributed by atoms with van der Waals surface area (Å²) in [6, 6.07) is 2.07. The van der Waals surface area contributed by atoms with E-state index in [1.54, 1.807) is 11.3 Å². The fourth-order valence-corrected chi connectivity index (χ4v) is 1.59. The Morgan fingerprint density at radius 2 is 2.54 bits per heavy atom. The highest BCUT2D eigenvalue weighted by molar-refractivity contribution is 7.80. The van der Waals surface area contributed by atoms with Gasteiger partial charge in [-0.25, -0.2) is 0 Å². The third kappa shape index (κ3) is 4.00. The average Bonchev–Trinajstić information content (AvgIpc) is 2.53. The van der Waals surface area contributed by atoms with Crippen molar-refractivity contribution in [2.75, 3.05) is 0 Å². The van der Waals surface area contributed by atoms with Gasteiger partial charge in [-0.3, -0.25) is 5.43 Å². The summed E-state index contributed by atoms with van der Waals surface area (Å²) in [5.74, 6) is 0. The van der Waals surface area contributed by atoms with Gasteiger partial charge in [0.25, 0.3) is 0 Å². The summed E-state index contributed by atoms with van der Waals surface area (Å²) >= 11 is 6.30. The van der Waals surface area contributed by atoms with Gasteiger partial charge in [0.15, 0.2) is 5.11 Å². The molecule has 1 rings (SSSR count). The molecule has 0 aliphatic carbocycles. The van der Waals surface area contributed by atoms with E-state index in [-0.39, 0.29) is 5.11 Å². The molecule has 0 radical (unpaired) electrons. The summed E-state index contributed by atoms with van der Waals surface area (Å²) in [4.78, 5) is 0. The average molecular weight is 213 g/mol. The summed E-state index contributed by atoms with van der Waals surface area (Å²) < 4.78 is 0. The highest BCUT2D eigenvalue weighted by Crippen LogP contribution is 2.06. The highest BCUT2D eigenvalue weighted by atomic mass is 32.1. The Morgan fingerprint density at radius 1 is 1.77 bits per heavy atom. The molecule has 0 fully saturated rings. The van der Waals surface area contributed by atoms with E-state index in [1.807, 2.05) is 12.3 Å². The maximum absolute atomic E-state index is 5.23. The Labute approximate surface area is 86.6 Å². The van der Waals surface area contributed by atoms with Crippen molar-refractivity contribution < 1.29 is 0 Å². The Bertz CT molecular complexity index is 303. The molecule has 3 nitrogen and oxygen atoms in total. The predicted octanol–water partition coefficient (Wildman–Crippen LogP) is 1.50. The second-order valence-corrected chi connectivity index (χ2v) is 3.85. The van der Waals surface area contributed by atoms with E-state index in [9.17, 15) is 0 Å². The summed E-state index contributed by atoms with van der Waals surface area (Å²) in [5, 5.41) is 8.34. The van der Waals surface area contributed by atoms with Crippen molar-refractivity contribution >= 4 is 34.4 Å². The number of nitrogens with one attached hydrogen (secondary N) is 1. The van der Waals surface area contributed by atoms with Crippen molar-refractivity contribution in [2.24, 2.45) is 10.8 Å². The molecule has 0 saturated heterocycles. The van der Waals surface area contributed by atoms with Gasteiger partial charge in [-0.05, 0) is 41.5 Å². The summed E-state index contributed by atoms with van der Waals surface area (Å²) in [6.45, 7) is 1.93. The normalized spacial score (nSPS) is 11.3. The lowest BCUT2D eigenvalue weighted by Gasteiger charge is -1.99. The molecule has 0 atom stereocenters. The first-order chi connectivity index (χ1) is 6.18. The lowest BCUT2D eigenvalue weighted by Crippen LogP contribution is -2.25. The molecule has 13 heavy (non-hydrogen) atoms. The Kier molecular flexibility index (Phi) is 3.85. The molecule has 0 aliphatic heterocycles. The zero-order valence-corrected chi connectivity index (χ0v) is 8.91. The smallest absolute Gasteiger partial charge is 0.184 e. The molecular weight excluding hydrogens is 202 g/mol. The van der Waals surface area contributed by atoms with Gasteiger partial charge in [0.2, 0.25) is 0 Å². The van der Waals surface area contributed by atoms with Crippen LogP contribution in [0.4, 0.5) is 0 Å². The SMILES string of the molecule is C/C(Cc1ccsc1)=N/NC(N)=S. The van der Waals surface area contributed by atoms with Gasteiger partial charge in [0.1, 0.15) is 0 Å². The lowest BCUT2D eigenvalue weighted by atomic mass is 10.2. The second kappa shape index (κ2) is 4.94. The van der Waals surface area contributed by atoms with Gasteiger partial charge in [0, 0.05) is 12.1 Å². The number of rotatable bonds is 3. The van der Waals surface area contributed by atoms with Gasteiger partial charge in [-0.2, -0.15) is 16.4 Å². The number of thiocarbonyl (C=S) groups is 1. The quantitative estimate of drug-likeness (QED) is 0.454. The van der Waals surface area contributed by atoms with Gasteiger partial charge in [-0.1, -0.05) is 0 Å². The Balaban J connectivity index is 2.45. The van der Waals surface area contributed by atoms with Crippen LogP contribution in [0, 0.1) is 0 Å². The van der Waals surface area contributed by atoms with Crippen molar-refractivity contribution in [2.45, 2.75) is 13.3 Å². The molecule has 0 spiro atoms. The van der Waals surface area contributed by atoms with Crippen LogP contribution in [0.3, 0.4) is 0 Å². The monoisotopic (exact) mass is 213 g/mol. The van der Waals surface area contributed by atoms with Crippen LogP contribution in [0.25, 0.3) is 0 Å². The summed E-state index contributed by atoms with van der Waals surface area (Å²) in [6.07, 6.45) is 0.832. The first-order valence-corrected chi connectivity index (χ1v) is 5.13. The van der Waals surface area contributed by atoms with Crippen molar-refractivity contribution in [1.29, 1.82) is 0 Å². The van der Waals surface area contributed by atoms with Crippen LogP contribution < -0.4 is 11.2 Å². The number of hydrazone groups is 1. The van der Waals surface area contributed by atoms with E-state index in [0.717, 1.165) is 12.1 Å². The van der Waals surface area contributed by atoms with Crippen molar-refractivity contribution in [1.82, 2.24) is 5.43 Å². The van der Waals surface area contributed by atoms with Crippen molar-refractivity contribution in [3.05, 3.63) is 22.4 Å². The molecule has 3 N–H and O–H groups in total. The van der Waals surface area contributed by atoms with E-state index < -0.39 is 0 Å². The third-order valence-corrected chi connectivity index (χ3v) is 2.22. The number of hydrogen-bond acceptors (Lipinski definition) is 3. The summed E-state index contributed by atoms with van der Waals surface area (Å²) in [7, 11) is 0. The second-order valence-electron chi connectivity index (χ2n) is 2.63. The van der Waals surface area contributed by atoms with Crippen LogP contribution in [0.15, 0.2) is 21.9 Å². The number of nitrogens with zero attached hydrogens (tertiary/aromatic N) is 1. The van der Waals surface area contributed by atoms with Crippen LogP contribution in [0.5, 0.6) is 0 Å². The van der Waals surface area contributed by atoms with E-state index in [4.69, 9.17) is 5.73 Å². The zero-order chi connectivity index (χ0) is 9.68. The van der Waals surface area contributed by atoms with Crippen molar-refractivity contribution in [3.8, 4) is 0 Å². The fourth-order valence-electron chi connectivity index (χ4n) is 0.879. The summed E-state index contributed by atoms with van der Waals surface area (Å²) in [5.41, 5.74) is 10.0. The largest absolute Gasteiger partial charge is 0.375 e. The Hall–Kier alpha value is -0.940. The molecule has 0 bridgehead atoms. The molecule has 0 unspecified atom stereocenters. The minimum atomic E-state index is 0.199. The van der Waals surface area contributed by atoms with Crippen LogP contribution in [-0.4, -0.2) is 10.8 Å². The fraction of sp³-hybridized carbons (Fsp3) is 0.250. The molecule has 5 heteroatoms. The van der Waals surface area contributed by atoms with Crippen LogP contribution >= 0.6 is 23.6 Å². The molecule has 1 heterocycles. The first kappa shape index (κ1) is 10.1. The maximum atomic E-state index is 5.23. The minimum Gasteiger partial charge on any atom is -0.375 e. The van der Waals surface area contributed by atoms with Crippen LogP contribution in [-0.2, 0) is 6.42 Å². The molecule has 0 saturated carbocycles. The van der Waals surface area contributed by atoms with Gasteiger partial charge in [0.05, 0.1) is 0 Å².